The summed E-state index contributed by atoms with van der Waals surface area (Å²) in [5.41, 5.74) is 0.852. The molecule has 6 atom stereocenters. The minimum atomic E-state index is -1.37. The van der Waals surface area contributed by atoms with Crippen LogP contribution in [-0.2, 0) is 25.8 Å². The van der Waals surface area contributed by atoms with E-state index in [0.717, 1.165) is 11.2 Å². The number of benzene rings is 2. The number of fused-ring (bicyclic) bond motifs is 3. The molecule has 7 rings (SSSR count). The molecule has 0 radical (unpaired) electrons. The number of hydrogen-bond donors (Lipinski definition) is 1. The number of aromatic nitrogens is 3. The van der Waals surface area contributed by atoms with E-state index in [1.54, 1.807) is 14.5 Å². The third-order valence-electron chi connectivity index (χ3n) is 9.05. The highest BCUT2D eigenvalue weighted by atomic mass is 16.5. The first kappa shape index (κ1) is 26.5. The summed E-state index contributed by atoms with van der Waals surface area (Å²) in [6, 6.07) is 15.2. The Balaban J connectivity index is 1.30. The predicted octanol–water partition coefficient (Wildman–Crippen LogP) is 1.74. The molecule has 3 aromatic rings. The van der Waals surface area contributed by atoms with E-state index in [-0.39, 0.29) is 37.5 Å². The zero-order valence-corrected chi connectivity index (χ0v) is 23.2. The summed E-state index contributed by atoms with van der Waals surface area (Å²) in [5.74, 6) is -2.66. The van der Waals surface area contributed by atoms with Crippen molar-refractivity contribution in [2.75, 3.05) is 24.6 Å². The van der Waals surface area contributed by atoms with E-state index >= 15 is 0 Å². The fraction of sp³-hybridized carbons (Fsp3) is 0.387. The summed E-state index contributed by atoms with van der Waals surface area (Å²) in [6.07, 6.45) is 7.14. The van der Waals surface area contributed by atoms with E-state index < -0.39 is 35.6 Å². The van der Waals surface area contributed by atoms with Gasteiger partial charge in [0.25, 0.3) is 5.91 Å². The van der Waals surface area contributed by atoms with Crippen LogP contribution in [0, 0.1) is 11.8 Å². The molecular weight excluding hydrogens is 536 g/mol. The van der Waals surface area contributed by atoms with Crippen molar-refractivity contribution in [1.29, 1.82) is 0 Å². The van der Waals surface area contributed by atoms with E-state index in [2.05, 4.69) is 10.3 Å². The molecule has 0 aliphatic carbocycles. The van der Waals surface area contributed by atoms with Crippen LogP contribution >= 0.6 is 0 Å². The first-order valence-electron chi connectivity index (χ1n) is 14.4. The Kier molecular flexibility index (Phi) is 6.43. The van der Waals surface area contributed by atoms with Crippen molar-refractivity contribution in [1.82, 2.24) is 24.8 Å². The lowest BCUT2D eigenvalue weighted by Crippen LogP contribution is -2.58. The number of para-hydroxylation sites is 2. The molecule has 5 heterocycles. The average Bonchev–Trinajstić information content (AvgIpc) is 3.56. The van der Waals surface area contributed by atoms with Crippen LogP contribution in [0.3, 0.4) is 0 Å². The predicted molar refractivity (Wildman–Crippen MR) is 153 cm³/mol. The van der Waals surface area contributed by atoms with Crippen molar-refractivity contribution >= 4 is 34.4 Å². The van der Waals surface area contributed by atoms with Gasteiger partial charge in [0.05, 0.1) is 36.1 Å². The zero-order chi connectivity index (χ0) is 29.0. The summed E-state index contributed by atoms with van der Waals surface area (Å²) in [6.45, 7) is 2.28. The second-order valence-corrected chi connectivity index (χ2v) is 11.2. The number of rotatable bonds is 6. The van der Waals surface area contributed by atoms with Crippen LogP contribution < -0.4 is 4.90 Å². The van der Waals surface area contributed by atoms with Gasteiger partial charge in [-0.15, -0.1) is 5.10 Å². The third-order valence-corrected chi connectivity index (χ3v) is 9.05. The molecule has 2 saturated heterocycles. The molecule has 3 amide bonds. The molecule has 1 unspecified atom stereocenters. The Morgan fingerprint density at radius 3 is 2.57 bits per heavy atom. The third kappa shape index (κ3) is 3.83. The number of likely N-dealkylation sites (tertiary alicyclic amines) is 1. The molecule has 11 heteroatoms. The van der Waals surface area contributed by atoms with Crippen molar-refractivity contribution in [3.05, 3.63) is 78.9 Å². The Bertz CT molecular complexity index is 1600. The largest absolute Gasteiger partial charge is 0.394 e. The minimum Gasteiger partial charge on any atom is -0.394 e. The molecule has 1 aromatic heterocycles. The summed E-state index contributed by atoms with van der Waals surface area (Å²) in [5, 5.41) is 18.8. The van der Waals surface area contributed by atoms with Gasteiger partial charge in [0.2, 0.25) is 11.8 Å². The molecule has 0 saturated carbocycles. The van der Waals surface area contributed by atoms with Crippen molar-refractivity contribution in [2.24, 2.45) is 11.8 Å². The van der Waals surface area contributed by atoms with Crippen LogP contribution in [0.2, 0.25) is 0 Å². The Morgan fingerprint density at radius 1 is 1.00 bits per heavy atom. The maximum absolute atomic E-state index is 14.5. The molecule has 0 bridgehead atoms. The van der Waals surface area contributed by atoms with Crippen LogP contribution in [0.4, 0.5) is 5.69 Å². The highest BCUT2D eigenvalue weighted by Crippen LogP contribution is 2.54. The standard InChI is InChI=1S/C31H32N6O5/c1-2-20(18-38)37-27-30(41)34(19-36-23-13-7-6-12-22(23)32-33-36)16-9-15-31(27)26(29(37)40)25-24(42-31)14-8-17-35(28(25)39)21-10-4-3-5-11-21/h3-15,20,24-27,38H,2,16-19H2,1H3/t20-,24+,25-,26-,27?,31-/m0/s1. The number of aliphatic hydroxyl groups is 1. The Hall–Kier alpha value is -4.35. The highest BCUT2D eigenvalue weighted by Gasteiger charge is 2.72. The second-order valence-electron chi connectivity index (χ2n) is 11.2. The smallest absolute Gasteiger partial charge is 0.250 e. The van der Waals surface area contributed by atoms with E-state index in [1.165, 1.54) is 4.90 Å². The number of carbonyl (C=O) groups excluding carboxylic acids is 3. The van der Waals surface area contributed by atoms with Gasteiger partial charge >= 0.3 is 0 Å². The molecular formula is C31H32N6O5. The van der Waals surface area contributed by atoms with Gasteiger partial charge in [-0.25, -0.2) is 4.68 Å². The van der Waals surface area contributed by atoms with Gasteiger partial charge in [-0.05, 0) is 30.7 Å². The van der Waals surface area contributed by atoms with E-state index in [4.69, 9.17) is 4.74 Å². The number of carbonyl (C=O) groups is 3. The summed E-state index contributed by atoms with van der Waals surface area (Å²) in [4.78, 5) is 47.9. The molecule has 42 heavy (non-hydrogen) atoms. The average molecular weight is 569 g/mol. The normalized spacial score (nSPS) is 29.5. The van der Waals surface area contributed by atoms with Crippen molar-refractivity contribution in [2.45, 2.75) is 43.8 Å². The topological polar surface area (TPSA) is 121 Å². The van der Waals surface area contributed by atoms with Crippen LogP contribution in [0.25, 0.3) is 11.0 Å². The number of anilines is 1. The molecule has 2 aromatic carbocycles. The maximum atomic E-state index is 14.5. The van der Waals surface area contributed by atoms with Crippen molar-refractivity contribution in [3.63, 3.8) is 0 Å². The molecule has 4 aliphatic heterocycles. The van der Waals surface area contributed by atoms with E-state index in [0.29, 0.717) is 18.5 Å². The number of hydrogen-bond acceptors (Lipinski definition) is 7. The molecule has 216 valence electrons. The van der Waals surface area contributed by atoms with E-state index in [9.17, 15) is 19.5 Å². The van der Waals surface area contributed by atoms with Gasteiger partial charge in [-0.3, -0.25) is 14.4 Å². The number of nitrogens with zero attached hydrogens (tertiary/aromatic N) is 6. The van der Waals surface area contributed by atoms with Crippen molar-refractivity contribution in [3.8, 4) is 0 Å². The van der Waals surface area contributed by atoms with Gasteiger partial charge in [-0.1, -0.05) is 66.8 Å². The van der Waals surface area contributed by atoms with Gasteiger partial charge in [-0.2, -0.15) is 0 Å². The Morgan fingerprint density at radius 2 is 1.79 bits per heavy atom. The fourth-order valence-corrected chi connectivity index (χ4v) is 7.08. The van der Waals surface area contributed by atoms with Crippen LogP contribution in [0.15, 0.2) is 78.9 Å². The lowest BCUT2D eigenvalue weighted by molar-refractivity contribution is -0.151. The van der Waals surface area contributed by atoms with Crippen LogP contribution in [-0.4, -0.2) is 91.1 Å². The van der Waals surface area contributed by atoms with Gasteiger partial charge < -0.3 is 24.5 Å². The Labute approximate surface area is 242 Å². The maximum Gasteiger partial charge on any atom is 0.250 e. The quantitative estimate of drug-likeness (QED) is 0.450. The highest BCUT2D eigenvalue weighted by molar-refractivity contribution is 6.04. The lowest BCUT2D eigenvalue weighted by atomic mass is 9.77. The molecule has 4 aliphatic rings. The fourth-order valence-electron chi connectivity index (χ4n) is 7.08. The van der Waals surface area contributed by atoms with Gasteiger partial charge in [0, 0.05) is 18.8 Å². The SMILES string of the molecule is CC[C@@H](CO)N1C(=O)[C@@H]2[C@H]3C(=O)N(c4ccccc4)CC=C[C@H]3O[C@@]23C=CCN(Cn2nnc4ccccc42)C(=O)C13. The summed E-state index contributed by atoms with van der Waals surface area (Å²) in [7, 11) is 0. The minimum absolute atomic E-state index is 0.117. The van der Waals surface area contributed by atoms with Crippen LogP contribution in [0.5, 0.6) is 0 Å². The monoisotopic (exact) mass is 568 g/mol. The van der Waals surface area contributed by atoms with Crippen LogP contribution in [0.1, 0.15) is 13.3 Å². The zero-order valence-electron chi connectivity index (χ0n) is 23.2. The van der Waals surface area contributed by atoms with Crippen molar-refractivity contribution < 1.29 is 24.2 Å². The molecule has 11 nitrogen and oxygen atoms in total. The lowest BCUT2D eigenvalue weighted by Gasteiger charge is -2.38. The second kappa shape index (κ2) is 10.2. The van der Waals surface area contributed by atoms with Gasteiger partial charge in [0.1, 0.15) is 23.8 Å². The molecule has 2 fully saturated rings. The number of amides is 3. The number of ether oxygens (including phenoxy) is 1. The van der Waals surface area contributed by atoms with Gasteiger partial charge in [0.15, 0.2) is 0 Å². The first-order chi connectivity index (χ1) is 20.5. The summed E-state index contributed by atoms with van der Waals surface area (Å²) >= 11 is 0. The summed E-state index contributed by atoms with van der Waals surface area (Å²) < 4.78 is 8.37. The molecule has 1 spiro atoms. The molecule has 1 N–H and O–H groups in total. The number of aliphatic hydroxyl groups excluding tert-OH is 1. The van der Waals surface area contributed by atoms with E-state index in [1.807, 2.05) is 85.8 Å². The first-order valence-corrected chi connectivity index (χ1v) is 14.4.